The number of carboxylic acid groups (broad SMARTS) is 1. The van der Waals surface area contributed by atoms with Gasteiger partial charge in [-0.05, 0) is 18.6 Å². The molecular weight excluding hydrogens is 214 g/mol. The number of benzene rings is 1. The van der Waals surface area contributed by atoms with Crippen LogP contribution < -0.4 is 0 Å². The van der Waals surface area contributed by atoms with E-state index in [4.69, 9.17) is 9.89 Å². The van der Waals surface area contributed by atoms with Crippen LogP contribution >= 0.6 is 0 Å². The molecule has 2 N–H and O–H groups in total. The van der Waals surface area contributed by atoms with Gasteiger partial charge in [0.15, 0.2) is 0 Å². The van der Waals surface area contributed by atoms with E-state index in [2.05, 4.69) is 0 Å². The first-order chi connectivity index (χ1) is 7.00. The van der Waals surface area contributed by atoms with E-state index in [1.807, 2.05) is 0 Å². The molecule has 0 fully saturated rings. The van der Waals surface area contributed by atoms with E-state index in [9.17, 15) is 9.00 Å². The monoisotopic (exact) mass is 227 g/mol. The average Bonchev–Trinajstić information content (AvgIpc) is 2.19. The van der Waals surface area contributed by atoms with Crippen LogP contribution in [0.5, 0.6) is 0 Å². The molecule has 0 aliphatic carbocycles. The zero-order valence-electron chi connectivity index (χ0n) is 8.34. The van der Waals surface area contributed by atoms with Crippen molar-refractivity contribution in [3.63, 3.8) is 0 Å². The van der Waals surface area contributed by atoms with Crippen LogP contribution in [-0.4, -0.2) is 20.5 Å². The number of carbonyl (C=O) groups is 1. The molecule has 0 aliphatic rings. The summed E-state index contributed by atoms with van der Waals surface area (Å²) < 4.78 is 19.7. The Labute approximate surface area is 88.9 Å². The molecular formula is C10H13NO3S. The molecule has 5 heteroatoms. The van der Waals surface area contributed by atoms with E-state index in [1.165, 1.54) is 12.1 Å². The maximum absolute atomic E-state index is 12.0. The van der Waals surface area contributed by atoms with Gasteiger partial charge in [-0.3, -0.25) is 4.79 Å². The summed E-state index contributed by atoms with van der Waals surface area (Å²) in [6.07, 6.45) is 0.187. The molecule has 15 heavy (non-hydrogen) atoms. The molecule has 1 unspecified atom stereocenters. The molecule has 1 aromatic rings. The molecule has 0 bridgehead atoms. The van der Waals surface area contributed by atoms with Crippen molar-refractivity contribution >= 4 is 15.7 Å². The van der Waals surface area contributed by atoms with Crippen molar-refractivity contribution in [2.45, 2.75) is 23.5 Å². The van der Waals surface area contributed by atoms with Gasteiger partial charge in [-0.2, -0.15) is 0 Å². The summed E-state index contributed by atoms with van der Waals surface area (Å²) in [5, 5.41) is 7.73. The Balaban J connectivity index is 3.19. The van der Waals surface area contributed by atoms with Crippen LogP contribution in [0.25, 0.3) is 0 Å². The Hall–Kier alpha value is -1.36. The molecule has 0 saturated carbocycles. The molecule has 0 saturated heterocycles. The van der Waals surface area contributed by atoms with Gasteiger partial charge in [-0.15, -0.1) is 0 Å². The molecule has 0 aliphatic heterocycles. The van der Waals surface area contributed by atoms with Gasteiger partial charge < -0.3 is 5.11 Å². The summed E-state index contributed by atoms with van der Waals surface area (Å²) >= 11 is 0. The van der Waals surface area contributed by atoms with Crippen molar-refractivity contribution in [3.05, 3.63) is 30.3 Å². The van der Waals surface area contributed by atoms with E-state index >= 15 is 0 Å². The van der Waals surface area contributed by atoms with Gasteiger partial charge in [0.25, 0.3) is 0 Å². The largest absolute Gasteiger partial charge is 0.480 e. The minimum absolute atomic E-state index is 0.187. The molecule has 82 valence electrons. The molecule has 1 aromatic carbocycles. The van der Waals surface area contributed by atoms with Gasteiger partial charge in [0.1, 0.15) is 5.25 Å². The quantitative estimate of drug-likeness (QED) is 0.825. The van der Waals surface area contributed by atoms with Gasteiger partial charge in [0.2, 0.25) is 0 Å². The van der Waals surface area contributed by atoms with Crippen molar-refractivity contribution in [2.24, 2.45) is 0 Å². The van der Waals surface area contributed by atoms with Crippen LogP contribution in [0.1, 0.15) is 13.3 Å². The summed E-state index contributed by atoms with van der Waals surface area (Å²) in [6, 6.07) is 8.10. The third-order valence-corrected chi connectivity index (χ3v) is 4.45. The van der Waals surface area contributed by atoms with Crippen LogP contribution in [0.3, 0.4) is 0 Å². The first-order valence-electron chi connectivity index (χ1n) is 4.55. The third kappa shape index (κ3) is 2.36. The predicted octanol–water partition coefficient (Wildman–Crippen LogP) is 1.96. The lowest BCUT2D eigenvalue weighted by Gasteiger charge is -2.14. The Bertz CT molecular complexity index is 439. The zero-order chi connectivity index (χ0) is 11.5. The Morgan fingerprint density at radius 1 is 1.47 bits per heavy atom. The fourth-order valence-corrected chi connectivity index (χ4v) is 2.98. The highest BCUT2D eigenvalue weighted by molar-refractivity contribution is 7.93. The van der Waals surface area contributed by atoms with Crippen molar-refractivity contribution < 1.29 is 14.1 Å². The molecule has 0 heterocycles. The van der Waals surface area contributed by atoms with E-state index in [1.54, 1.807) is 25.1 Å². The smallest absolute Gasteiger partial charge is 0.320 e. The number of nitrogens with one attached hydrogen (secondary N) is 1. The number of hydrogen-bond acceptors (Lipinski definition) is 3. The van der Waals surface area contributed by atoms with Crippen LogP contribution in [0.2, 0.25) is 0 Å². The third-order valence-electron chi connectivity index (χ3n) is 2.14. The second kappa shape index (κ2) is 4.44. The minimum atomic E-state index is -3.25. The standard InChI is InChI=1S/C10H13NO3S/c1-2-9(10(12)13)15(11,14)8-6-4-3-5-7-8/h3-7,9,11H,2H2,1H3,(H,12,13)/t9-,15?/m0/s1. The first-order valence-corrected chi connectivity index (χ1v) is 6.17. The van der Waals surface area contributed by atoms with Gasteiger partial charge >= 0.3 is 5.97 Å². The van der Waals surface area contributed by atoms with Crippen LogP contribution in [-0.2, 0) is 14.5 Å². The fraction of sp³-hybridized carbons (Fsp3) is 0.300. The number of carboxylic acids is 1. The lowest BCUT2D eigenvalue weighted by atomic mass is 10.3. The highest BCUT2D eigenvalue weighted by Crippen LogP contribution is 2.18. The van der Waals surface area contributed by atoms with Crippen LogP contribution in [0.15, 0.2) is 35.2 Å². The normalized spacial score (nSPS) is 16.6. The maximum Gasteiger partial charge on any atom is 0.320 e. The fourth-order valence-electron chi connectivity index (χ4n) is 1.34. The second-order valence-corrected chi connectivity index (χ2v) is 5.39. The van der Waals surface area contributed by atoms with Gasteiger partial charge in [-0.25, -0.2) is 8.99 Å². The van der Waals surface area contributed by atoms with Gasteiger partial charge in [-0.1, -0.05) is 25.1 Å². The summed E-state index contributed by atoms with van der Waals surface area (Å²) in [6.45, 7) is 1.62. The lowest BCUT2D eigenvalue weighted by Crippen LogP contribution is -2.28. The average molecular weight is 227 g/mol. The highest BCUT2D eigenvalue weighted by atomic mass is 32.2. The van der Waals surface area contributed by atoms with Gasteiger partial charge in [0, 0.05) is 4.90 Å². The predicted molar refractivity (Wildman–Crippen MR) is 57.3 cm³/mol. The summed E-state index contributed by atoms with van der Waals surface area (Å²) in [4.78, 5) is 11.1. The maximum atomic E-state index is 12.0. The van der Waals surface area contributed by atoms with Crippen molar-refractivity contribution in [2.75, 3.05) is 0 Å². The minimum Gasteiger partial charge on any atom is -0.480 e. The Morgan fingerprint density at radius 3 is 2.40 bits per heavy atom. The van der Waals surface area contributed by atoms with Crippen LogP contribution in [0.4, 0.5) is 0 Å². The van der Waals surface area contributed by atoms with E-state index in [-0.39, 0.29) is 11.3 Å². The van der Waals surface area contributed by atoms with E-state index in [0.29, 0.717) is 0 Å². The molecule has 4 nitrogen and oxygen atoms in total. The molecule has 0 amide bonds. The molecule has 1 rings (SSSR count). The van der Waals surface area contributed by atoms with E-state index in [0.717, 1.165) is 0 Å². The van der Waals surface area contributed by atoms with Crippen LogP contribution in [0, 0.1) is 4.78 Å². The van der Waals surface area contributed by atoms with Gasteiger partial charge in [0.05, 0.1) is 9.73 Å². The molecule has 0 radical (unpaired) electrons. The molecule has 0 spiro atoms. The molecule has 2 atom stereocenters. The summed E-state index contributed by atoms with van der Waals surface area (Å²) in [5.74, 6) is -1.18. The zero-order valence-corrected chi connectivity index (χ0v) is 9.16. The second-order valence-electron chi connectivity index (χ2n) is 3.15. The first kappa shape index (κ1) is 11.7. The number of rotatable bonds is 4. The summed E-state index contributed by atoms with van der Waals surface area (Å²) in [7, 11) is -3.25. The topological polar surface area (TPSA) is 78.2 Å². The highest BCUT2D eigenvalue weighted by Gasteiger charge is 2.28. The van der Waals surface area contributed by atoms with Crippen molar-refractivity contribution in [3.8, 4) is 0 Å². The van der Waals surface area contributed by atoms with E-state index < -0.39 is 20.9 Å². The lowest BCUT2D eigenvalue weighted by molar-refractivity contribution is -0.136. The number of aliphatic carboxylic acids is 1. The Kier molecular flexibility index (Phi) is 3.47. The SMILES string of the molecule is CC[C@@H](C(=O)O)S(=N)(=O)c1ccccc1. The Morgan fingerprint density at radius 2 is 2.00 bits per heavy atom. The summed E-state index contributed by atoms with van der Waals surface area (Å²) in [5.41, 5.74) is 0. The van der Waals surface area contributed by atoms with Crippen molar-refractivity contribution in [1.82, 2.24) is 0 Å². The number of hydrogen-bond donors (Lipinski definition) is 2. The van der Waals surface area contributed by atoms with Crippen molar-refractivity contribution in [1.29, 1.82) is 4.78 Å². The molecule has 0 aromatic heterocycles.